The molecule has 0 fully saturated rings. The Morgan fingerprint density at radius 3 is 0.375 bits per heavy atom. The second kappa shape index (κ2) is 17.5. The van der Waals surface area contributed by atoms with Gasteiger partial charge in [0.2, 0.25) is 0 Å². The second-order valence-electron chi connectivity index (χ2n) is 14.4. The molecule has 0 spiro atoms. The molecule has 0 aliphatic carbocycles. The van der Waals surface area contributed by atoms with E-state index in [1.165, 1.54) is 0 Å². The van der Waals surface area contributed by atoms with Crippen LogP contribution in [0.3, 0.4) is 0 Å². The van der Waals surface area contributed by atoms with E-state index in [-0.39, 0.29) is 14.7 Å². The van der Waals surface area contributed by atoms with Gasteiger partial charge in [-0.15, -0.1) is 0 Å². The van der Waals surface area contributed by atoms with Gasteiger partial charge in [-0.3, -0.25) is 0 Å². The molecule has 0 saturated heterocycles. The summed E-state index contributed by atoms with van der Waals surface area (Å²) >= 11 is -1.11. The average Bonchev–Trinajstić information content (AvgIpc) is 2.27. The van der Waals surface area contributed by atoms with Gasteiger partial charge in [0.15, 0.2) is 0 Å². The van der Waals surface area contributed by atoms with Crippen LogP contribution in [0.2, 0.25) is 118 Å². The monoisotopic (exact) mass is 782 g/mol. The molecule has 0 saturated carbocycles. The fourth-order valence-electron chi connectivity index (χ4n) is 6.75. The third kappa shape index (κ3) is 23.1. The predicted octanol–water partition coefficient (Wildman–Crippen LogP) is 9.46. The zero-order chi connectivity index (χ0) is 27.6. The molecule has 0 bridgehead atoms. The van der Waals surface area contributed by atoms with Crippen molar-refractivity contribution in [2.45, 2.75) is 118 Å². The SMILES string of the molecule is C[Si](C)(C)[Si]([Si](C)(C)C)[Si](C)(C)C.C[Si](C)(C)[Si]([Si](C)(C)C)[Si](C)(C)C.[Cl][Ge][Cl].[Cl][Ge][Cl]. The third-order valence-electron chi connectivity index (χ3n) is 4.50. The Morgan fingerprint density at radius 2 is 0.375 bits per heavy atom. The first-order valence-electron chi connectivity index (χ1n) is 11.3. The Labute approximate surface area is 242 Å². The number of hydrogen-bond acceptors (Lipinski definition) is 0. The zero-order valence-electron chi connectivity index (χ0n) is 24.5. The first kappa shape index (κ1) is 43.0. The molecule has 0 amide bonds. The number of rotatable bonds is 6. The van der Waals surface area contributed by atoms with E-state index in [4.69, 9.17) is 40.0 Å². The van der Waals surface area contributed by atoms with Crippen molar-refractivity contribution >= 4 is 127 Å². The van der Waals surface area contributed by atoms with E-state index in [1.54, 1.807) is 0 Å². The summed E-state index contributed by atoms with van der Waals surface area (Å²) in [6.07, 6.45) is 0. The molecule has 0 heterocycles. The summed E-state index contributed by atoms with van der Waals surface area (Å²) in [5.74, 6) is 0. The molecule has 0 aliphatic rings. The van der Waals surface area contributed by atoms with E-state index in [0.717, 1.165) is 0 Å². The van der Waals surface area contributed by atoms with Gasteiger partial charge in [0, 0.05) is 60.2 Å². The molecule has 194 valence electrons. The summed E-state index contributed by atoms with van der Waals surface area (Å²) in [5.41, 5.74) is 0. The van der Waals surface area contributed by atoms with Gasteiger partial charge in [-0.25, -0.2) is 0 Å². The first-order valence-corrected chi connectivity index (χ1v) is 52.3. The first-order chi connectivity index (χ1) is 13.6. The average molecular weight is 782 g/mol. The van der Waals surface area contributed by atoms with Gasteiger partial charge in [0.05, 0.1) is 0 Å². The van der Waals surface area contributed by atoms with Crippen molar-refractivity contribution in [3.63, 3.8) is 0 Å². The van der Waals surface area contributed by atoms with Gasteiger partial charge in [-0.2, -0.15) is 0 Å². The van der Waals surface area contributed by atoms with Crippen molar-refractivity contribution in [1.82, 2.24) is 0 Å². The van der Waals surface area contributed by atoms with Gasteiger partial charge in [-0.05, 0) is 0 Å². The van der Waals surface area contributed by atoms with E-state index in [1.807, 2.05) is 0 Å². The fourth-order valence-corrected chi connectivity index (χ4v) is 182. The minimum absolute atomic E-state index is 0.0255. The Morgan fingerprint density at radius 1 is 0.312 bits per heavy atom. The molecule has 0 aromatic carbocycles. The van der Waals surface area contributed by atoms with Crippen molar-refractivity contribution in [2.75, 3.05) is 0 Å². The van der Waals surface area contributed by atoms with Crippen LogP contribution in [-0.4, -0.2) is 87.4 Å². The van der Waals surface area contributed by atoms with E-state index >= 15 is 0 Å². The Bertz CT molecular complexity index is 364. The number of hydrogen-bond donors (Lipinski definition) is 0. The maximum atomic E-state index is 4.89. The van der Waals surface area contributed by atoms with Crippen LogP contribution >= 0.6 is 40.0 Å². The molecule has 32 heavy (non-hydrogen) atoms. The van der Waals surface area contributed by atoms with E-state index < -0.39 is 72.7 Å². The van der Waals surface area contributed by atoms with Crippen LogP contribution < -0.4 is 0 Å². The normalized spacial score (nSPS) is 13.5. The van der Waals surface area contributed by atoms with Crippen LogP contribution in [0.15, 0.2) is 0 Å². The zero-order valence-corrected chi connectivity index (χ0v) is 39.7. The van der Waals surface area contributed by atoms with Gasteiger partial charge in [0.1, 0.15) is 0 Å². The van der Waals surface area contributed by atoms with Crippen LogP contribution in [0.25, 0.3) is 0 Å². The quantitative estimate of drug-likeness (QED) is 0.236. The van der Waals surface area contributed by atoms with Gasteiger partial charge in [0.25, 0.3) is 0 Å². The topological polar surface area (TPSA) is 0 Å². The molecular formula is C18H54Cl4Ge2Si8. The Balaban J connectivity index is -0.000000196. The Hall–Kier alpha value is 3.98. The Kier molecular flexibility index (Phi) is 23.6. The van der Waals surface area contributed by atoms with Gasteiger partial charge in [-0.1, -0.05) is 118 Å². The van der Waals surface area contributed by atoms with Crippen molar-refractivity contribution < 1.29 is 0 Å². The summed E-state index contributed by atoms with van der Waals surface area (Å²) in [7, 11) is 14.6. The van der Waals surface area contributed by atoms with Crippen molar-refractivity contribution in [3.8, 4) is 0 Å². The van der Waals surface area contributed by atoms with E-state index in [0.29, 0.717) is 0 Å². The molecule has 14 heteroatoms. The van der Waals surface area contributed by atoms with Crippen LogP contribution in [0, 0.1) is 0 Å². The maximum absolute atomic E-state index is 4.89. The fraction of sp³-hybridized carbons (Fsp3) is 1.00. The minimum atomic E-state index is -0.832. The summed E-state index contributed by atoms with van der Waals surface area (Å²) in [5, 5.41) is 0. The van der Waals surface area contributed by atoms with Crippen LogP contribution in [0.5, 0.6) is 0 Å². The molecule has 6 radical (unpaired) electrons. The molecule has 0 aromatic heterocycles. The summed E-state index contributed by atoms with van der Waals surface area (Å²) in [4.78, 5) is 0. The predicted molar refractivity (Wildman–Crippen MR) is 187 cm³/mol. The molecule has 0 aliphatic heterocycles. The van der Waals surface area contributed by atoms with Crippen molar-refractivity contribution in [3.05, 3.63) is 0 Å². The standard InChI is InChI=1S/2C9H27Si4.2Cl2Ge/c2*1-11(2,3)10(12(4,5)6)13(7,8)9;2*1-3-2/h2*1-9H3;;. The molecular weight excluding hydrogens is 728 g/mol. The van der Waals surface area contributed by atoms with Gasteiger partial charge >= 0.3 is 67.2 Å². The summed E-state index contributed by atoms with van der Waals surface area (Å²) in [6, 6.07) is 0. The van der Waals surface area contributed by atoms with E-state index in [9.17, 15) is 0 Å². The molecule has 0 unspecified atom stereocenters. The van der Waals surface area contributed by atoms with Crippen LogP contribution in [0.4, 0.5) is 0 Å². The molecule has 0 rings (SSSR count). The van der Waals surface area contributed by atoms with E-state index in [2.05, 4.69) is 118 Å². The van der Waals surface area contributed by atoms with Crippen molar-refractivity contribution in [2.24, 2.45) is 0 Å². The van der Waals surface area contributed by atoms with Gasteiger partial charge < -0.3 is 0 Å². The third-order valence-corrected chi connectivity index (χ3v) is 122. The van der Waals surface area contributed by atoms with Crippen LogP contribution in [0.1, 0.15) is 0 Å². The molecule has 0 atom stereocenters. The molecule has 0 nitrogen and oxygen atoms in total. The summed E-state index contributed by atoms with van der Waals surface area (Å²) in [6.45, 7) is 47.0. The van der Waals surface area contributed by atoms with Crippen LogP contribution in [-0.2, 0) is 0 Å². The second-order valence-corrected chi connectivity index (χ2v) is 94.4. The number of halogens is 4. The molecule has 0 N–H and O–H groups in total. The summed E-state index contributed by atoms with van der Waals surface area (Å²) < 4.78 is 0. The van der Waals surface area contributed by atoms with Crippen molar-refractivity contribution in [1.29, 1.82) is 0 Å². The molecule has 0 aromatic rings.